The number of hydrogen-bond donors (Lipinski definition) is 3. The third kappa shape index (κ3) is 4.75. The number of rotatable bonds is 7. The molecule has 0 aliphatic carbocycles. The maximum Gasteiger partial charge on any atom is 0.337 e. The highest BCUT2D eigenvalue weighted by Gasteiger charge is 2.24. The quantitative estimate of drug-likeness (QED) is 0.655. The van der Waals surface area contributed by atoms with Crippen LogP contribution in [0.2, 0.25) is 0 Å². The van der Waals surface area contributed by atoms with Gasteiger partial charge in [-0.05, 0) is 25.3 Å². The van der Waals surface area contributed by atoms with Crippen molar-refractivity contribution in [1.82, 2.24) is 9.71 Å². The van der Waals surface area contributed by atoms with Crippen molar-refractivity contribution in [2.45, 2.75) is 17.6 Å². The Morgan fingerprint density at radius 3 is 2.60 bits per heavy atom. The van der Waals surface area contributed by atoms with Crippen LogP contribution in [0, 0.1) is 0 Å². The molecule has 3 N–H and O–H groups in total. The van der Waals surface area contributed by atoms with E-state index in [2.05, 4.69) is 9.71 Å². The molecule has 112 valence electrons. The summed E-state index contributed by atoms with van der Waals surface area (Å²) in [5.41, 5.74) is -1.27. The number of sulfonamides is 1. The van der Waals surface area contributed by atoms with Gasteiger partial charge in [-0.1, -0.05) is 0 Å². The molecular weight excluding hydrogens is 304 g/mol. The van der Waals surface area contributed by atoms with E-state index < -0.39 is 21.6 Å². The number of aromatic carboxylic acids is 1. The first-order valence-electron chi connectivity index (χ1n) is 5.58. The Balaban J connectivity index is 2.81. The molecule has 0 spiro atoms. The molecule has 0 aromatic carbocycles. The maximum atomic E-state index is 11.9. The highest BCUT2D eigenvalue weighted by Crippen LogP contribution is 2.12. The average molecular weight is 320 g/mol. The number of carboxylic acid groups (broad SMARTS) is 1. The topological polar surface area (TPSA) is 117 Å². The van der Waals surface area contributed by atoms with E-state index in [9.17, 15) is 18.3 Å². The molecule has 0 radical (unpaired) electrons. The van der Waals surface area contributed by atoms with Gasteiger partial charge in [0.1, 0.15) is 0 Å². The van der Waals surface area contributed by atoms with Crippen molar-refractivity contribution in [1.29, 1.82) is 0 Å². The summed E-state index contributed by atoms with van der Waals surface area (Å²) in [7, 11) is -3.88. The number of carboxylic acids is 1. The van der Waals surface area contributed by atoms with Crippen molar-refractivity contribution in [3.8, 4) is 0 Å². The minimum Gasteiger partial charge on any atom is -0.478 e. The van der Waals surface area contributed by atoms with Crippen LogP contribution in [0.5, 0.6) is 0 Å². The Hall–Kier alpha value is -1.16. The van der Waals surface area contributed by atoms with Gasteiger partial charge in [-0.25, -0.2) is 22.9 Å². The normalized spacial score (nSPS) is 14.8. The van der Waals surface area contributed by atoms with Gasteiger partial charge < -0.3 is 10.2 Å². The molecule has 1 aromatic rings. The van der Waals surface area contributed by atoms with Gasteiger partial charge in [0.2, 0.25) is 0 Å². The fourth-order valence-corrected chi connectivity index (χ4v) is 3.16. The third-order valence-electron chi connectivity index (χ3n) is 2.36. The van der Waals surface area contributed by atoms with Crippen molar-refractivity contribution in [3.05, 3.63) is 23.9 Å². The monoisotopic (exact) mass is 320 g/mol. The van der Waals surface area contributed by atoms with Gasteiger partial charge in [-0.2, -0.15) is 11.8 Å². The van der Waals surface area contributed by atoms with E-state index in [-0.39, 0.29) is 17.1 Å². The maximum absolute atomic E-state index is 11.9. The minimum atomic E-state index is -3.88. The lowest BCUT2D eigenvalue weighted by Gasteiger charge is -2.22. The number of pyridine rings is 1. The van der Waals surface area contributed by atoms with E-state index in [1.807, 2.05) is 0 Å². The summed E-state index contributed by atoms with van der Waals surface area (Å²) >= 11 is 1.39. The Labute approximate surface area is 121 Å². The van der Waals surface area contributed by atoms with Crippen molar-refractivity contribution in [2.75, 3.05) is 18.6 Å². The van der Waals surface area contributed by atoms with Crippen molar-refractivity contribution < 1.29 is 23.4 Å². The van der Waals surface area contributed by atoms with Crippen molar-refractivity contribution in [3.63, 3.8) is 0 Å². The van der Waals surface area contributed by atoms with Gasteiger partial charge in [0.05, 0.1) is 11.2 Å². The molecule has 9 heteroatoms. The number of carbonyl (C=O) groups is 1. The second-order valence-electron chi connectivity index (χ2n) is 4.44. The lowest BCUT2D eigenvalue weighted by molar-refractivity contribution is 0.0696. The number of nitrogens with zero attached hydrogens (tertiary/aromatic N) is 1. The highest BCUT2D eigenvalue weighted by atomic mass is 32.2. The summed E-state index contributed by atoms with van der Waals surface area (Å²) in [6.07, 6.45) is 2.77. The highest BCUT2D eigenvalue weighted by molar-refractivity contribution is 7.98. The van der Waals surface area contributed by atoms with Crippen molar-refractivity contribution in [2.24, 2.45) is 0 Å². The molecule has 1 rings (SSSR count). The zero-order chi connectivity index (χ0) is 15.4. The summed E-state index contributed by atoms with van der Waals surface area (Å²) in [4.78, 5) is 14.3. The molecule has 20 heavy (non-hydrogen) atoms. The molecule has 1 aromatic heterocycles. The van der Waals surface area contributed by atoms with Crippen LogP contribution in [-0.2, 0) is 10.0 Å². The van der Waals surface area contributed by atoms with E-state index in [1.54, 1.807) is 6.26 Å². The zero-order valence-electron chi connectivity index (χ0n) is 11.0. The first kappa shape index (κ1) is 16.9. The summed E-state index contributed by atoms with van der Waals surface area (Å²) < 4.78 is 26.1. The van der Waals surface area contributed by atoms with Gasteiger partial charge in [0, 0.05) is 18.5 Å². The molecule has 0 aliphatic rings. The largest absolute Gasteiger partial charge is 0.478 e. The summed E-state index contributed by atoms with van der Waals surface area (Å²) in [6, 6.07) is 2.26. The van der Waals surface area contributed by atoms with E-state index in [0.717, 1.165) is 18.3 Å². The molecule has 0 fully saturated rings. The number of nitrogens with one attached hydrogen (secondary N) is 1. The Morgan fingerprint density at radius 2 is 2.15 bits per heavy atom. The Morgan fingerprint density at radius 1 is 1.50 bits per heavy atom. The van der Waals surface area contributed by atoms with E-state index >= 15 is 0 Å². The van der Waals surface area contributed by atoms with Gasteiger partial charge in [0.15, 0.2) is 5.03 Å². The molecule has 1 atom stereocenters. The van der Waals surface area contributed by atoms with Gasteiger partial charge >= 0.3 is 5.97 Å². The van der Waals surface area contributed by atoms with Crippen LogP contribution >= 0.6 is 11.8 Å². The fourth-order valence-electron chi connectivity index (χ4n) is 1.35. The molecule has 0 saturated heterocycles. The molecule has 0 bridgehead atoms. The first-order valence-corrected chi connectivity index (χ1v) is 8.46. The summed E-state index contributed by atoms with van der Waals surface area (Å²) in [5, 5.41) is 18.3. The lowest BCUT2D eigenvalue weighted by Crippen LogP contribution is -2.42. The second-order valence-corrected chi connectivity index (χ2v) is 7.02. The molecule has 0 amide bonds. The Kier molecular flexibility index (Phi) is 5.51. The molecule has 1 unspecified atom stereocenters. The minimum absolute atomic E-state index is 0.0988. The summed E-state index contributed by atoms with van der Waals surface area (Å²) in [5.74, 6) is -0.807. The molecular formula is C11H16N2O5S2. The number of aromatic nitrogens is 1. The van der Waals surface area contributed by atoms with Crippen LogP contribution in [0.25, 0.3) is 0 Å². The predicted molar refractivity (Wildman–Crippen MR) is 75.4 cm³/mol. The molecule has 7 nitrogen and oxygen atoms in total. The zero-order valence-corrected chi connectivity index (χ0v) is 12.7. The Bertz CT molecular complexity index is 569. The van der Waals surface area contributed by atoms with Gasteiger partial charge in [0.25, 0.3) is 10.0 Å². The van der Waals surface area contributed by atoms with Crippen LogP contribution in [0.4, 0.5) is 0 Å². The predicted octanol–water partition coefficient (Wildman–Crippen LogP) is 0.172. The molecule has 0 aliphatic heterocycles. The second kappa shape index (κ2) is 6.53. The van der Waals surface area contributed by atoms with E-state index in [4.69, 9.17) is 5.11 Å². The SMILES string of the molecule is CSCC(C)(O)CNS(=O)(=O)c1ccc(C(=O)O)cn1. The van der Waals surface area contributed by atoms with Crippen LogP contribution in [0.3, 0.4) is 0 Å². The van der Waals surface area contributed by atoms with Crippen LogP contribution in [0.15, 0.2) is 23.4 Å². The van der Waals surface area contributed by atoms with Gasteiger partial charge in [-0.3, -0.25) is 0 Å². The average Bonchev–Trinajstić information content (AvgIpc) is 2.37. The molecule has 1 heterocycles. The van der Waals surface area contributed by atoms with Crippen LogP contribution in [-0.4, -0.2) is 53.7 Å². The smallest absolute Gasteiger partial charge is 0.337 e. The fraction of sp³-hybridized carbons (Fsp3) is 0.455. The standard InChI is InChI=1S/C11H16N2O5S2/c1-11(16,7-19-2)6-13-20(17,18)9-4-3-8(5-12-9)10(14)15/h3-5,13,16H,6-7H2,1-2H3,(H,14,15). The number of aliphatic hydroxyl groups is 1. The van der Waals surface area contributed by atoms with Crippen molar-refractivity contribution >= 4 is 27.8 Å². The van der Waals surface area contributed by atoms with Crippen LogP contribution in [0.1, 0.15) is 17.3 Å². The van der Waals surface area contributed by atoms with E-state index in [1.165, 1.54) is 18.7 Å². The third-order valence-corrected chi connectivity index (χ3v) is 4.58. The lowest BCUT2D eigenvalue weighted by atomic mass is 10.1. The van der Waals surface area contributed by atoms with Crippen LogP contribution < -0.4 is 4.72 Å². The number of thioether (sulfide) groups is 1. The van der Waals surface area contributed by atoms with Gasteiger partial charge in [-0.15, -0.1) is 0 Å². The first-order chi connectivity index (χ1) is 9.18. The summed E-state index contributed by atoms with van der Waals surface area (Å²) in [6.45, 7) is 1.37. The number of hydrogen-bond acceptors (Lipinski definition) is 6. The van der Waals surface area contributed by atoms with E-state index in [0.29, 0.717) is 5.75 Å². The molecule has 0 saturated carbocycles.